The van der Waals surface area contributed by atoms with Crippen LogP contribution in [-0.2, 0) is 4.74 Å². The zero-order valence-corrected chi connectivity index (χ0v) is 9.41. The summed E-state index contributed by atoms with van der Waals surface area (Å²) in [5, 5.41) is 3.26. The van der Waals surface area contributed by atoms with Crippen LogP contribution in [0.15, 0.2) is 18.2 Å². The molecular formula is C11H18N2O2. The van der Waals surface area contributed by atoms with Gasteiger partial charge in [0.05, 0.1) is 25.1 Å². The van der Waals surface area contributed by atoms with E-state index in [9.17, 15) is 0 Å². The van der Waals surface area contributed by atoms with E-state index in [4.69, 9.17) is 15.2 Å². The third-order valence-corrected chi connectivity index (χ3v) is 2.08. The first-order valence-corrected chi connectivity index (χ1v) is 4.86. The minimum absolute atomic E-state index is 0.212. The maximum atomic E-state index is 5.83. The number of nitrogens with one attached hydrogen (secondary N) is 1. The van der Waals surface area contributed by atoms with Crippen molar-refractivity contribution in [2.45, 2.75) is 13.0 Å². The monoisotopic (exact) mass is 210 g/mol. The first-order chi connectivity index (χ1) is 7.17. The lowest BCUT2D eigenvalue weighted by molar-refractivity contribution is 0.190. The first kappa shape index (κ1) is 11.7. The summed E-state index contributed by atoms with van der Waals surface area (Å²) in [6, 6.07) is 5.74. The van der Waals surface area contributed by atoms with Crippen LogP contribution in [0, 0.1) is 0 Å². The highest BCUT2D eigenvalue weighted by Gasteiger charge is 2.05. The van der Waals surface area contributed by atoms with E-state index in [-0.39, 0.29) is 6.04 Å². The highest BCUT2D eigenvalue weighted by molar-refractivity contribution is 5.68. The largest absolute Gasteiger partial charge is 0.497 e. The average molecular weight is 210 g/mol. The molecule has 0 aliphatic carbocycles. The quantitative estimate of drug-likeness (QED) is 0.727. The van der Waals surface area contributed by atoms with Gasteiger partial charge in [0.1, 0.15) is 5.75 Å². The Morgan fingerprint density at radius 2 is 2.13 bits per heavy atom. The number of hydrogen-bond donors (Lipinski definition) is 2. The lowest BCUT2D eigenvalue weighted by Crippen LogP contribution is -2.21. The van der Waals surface area contributed by atoms with Gasteiger partial charge in [0.15, 0.2) is 0 Å². The van der Waals surface area contributed by atoms with Gasteiger partial charge in [-0.05, 0) is 19.1 Å². The summed E-state index contributed by atoms with van der Waals surface area (Å²) >= 11 is 0. The Labute approximate surface area is 90.4 Å². The predicted octanol–water partition coefficient (Wildman–Crippen LogP) is 1.72. The van der Waals surface area contributed by atoms with E-state index in [1.807, 2.05) is 25.1 Å². The van der Waals surface area contributed by atoms with Gasteiger partial charge in [0, 0.05) is 19.2 Å². The molecule has 0 saturated carbocycles. The summed E-state index contributed by atoms with van der Waals surface area (Å²) in [5.41, 5.74) is 7.41. The van der Waals surface area contributed by atoms with E-state index in [0.29, 0.717) is 12.3 Å². The Bertz CT molecular complexity index is 315. The van der Waals surface area contributed by atoms with Gasteiger partial charge in [0.25, 0.3) is 0 Å². The molecule has 1 rings (SSSR count). The number of nitrogens with two attached hydrogens (primary N) is 1. The van der Waals surface area contributed by atoms with Crippen molar-refractivity contribution in [1.82, 2.24) is 0 Å². The third kappa shape index (κ3) is 3.32. The van der Waals surface area contributed by atoms with E-state index in [1.165, 1.54) is 0 Å². The van der Waals surface area contributed by atoms with Gasteiger partial charge in [0.2, 0.25) is 0 Å². The van der Waals surface area contributed by atoms with Crippen LogP contribution in [-0.4, -0.2) is 26.9 Å². The van der Waals surface area contributed by atoms with Crippen LogP contribution in [0.25, 0.3) is 0 Å². The van der Waals surface area contributed by atoms with Crippen LogP contribution in [0.3, 0.4) is 0 Å². The number of hydrogen-bond acceptors (Lipinski definition) is 4. The van der Waals surface area contributed by atoms with E-state index in [1.54, 1.807) is 14.2 Å². The molecule has 4 heteroatoms. The summed E-state index contributed by atoms with van der Waals surface area (Å²) < 4.78 is 10.2. The second kappa shape index (κ2) is 5.46. The summed E-state index contributed by atoms with van der Waals surface area (Å²) in [6.45, 7) is 2.67. The number of methoxy groups -OCH3 is 2. The standard InChI is InChI=1S/C11H18N2O2/c1-8(7-14-2)13-11-6-9(15-3)4-5-10(11)12/h4-6,8,13H,7,12H2,1-3H3. The van der Waals surface area contributed by atoms with Crippen molar-refractivity contribution in [2.24, 2.45) is 0 Å². The molecule has 0 spiro atoms. The molecule has 3 N–H and O–H groups in total. The fourth-order valence-corrected chi connectivity index (χ4v) is 1.34. The topological polar surface area (TPSA) is 56.5 Å². The minimum Gasteiger partial charge on any atom is -0.497 e. The molecule has 4 nitrogen and oxygen atoms in total. The van der Waals surface area contributed by atoms with Gasteiger partial charge in [-0.2, -0.15) is 0 Å². The number of benzene rings is 1. The zero-order chi connectivity index (χ0) is 11.3. The van der Waals surface area contributed by atoms with Crippen LogP contribution >= 0.6 is 0 Å². The summed E-state index contributed by atoms with van der Waals surface area (Å²) in [5.74, 6) is 0.788. The van der Waals surface area contributed by atoms with Crippen LogP contribution in [0.2, 0.25) is 0 Å². The normalized spacial score (nSPS) is 12.2. The minimum atomic E-state index is 0.212. The lowest BCUT2D eigenvalue weighted by Gasteiger charge is -2.16. The van der Waals surface area contributed by atoms with Gasteiger partial charge >= 0.3 is 0 Å². The van der Waals surface area contributed by atoms with Crippen molar-refractivity contribution in [3.05, 3.63) is 18.2 Å². The summed E-state index contributed by atoms with van der Waals surface area (Å²) in [6.07, 6.45) is 0. The molecular weight excluding hydrogens is 192 g/mol. The fraction of sp³-hybridized carbons (Fsp3) is 0.455. The number of ether oxygens (including phenoxy) is 2. The van der Waals surface area contributed by atoms with Crippen molar-refractivity contribution < 1.29 is 9.47 Å². The van der Waals surface area contributed by atoms with Gasteiger partial charge in [-0.25, -0.2) is 0 Å². The molecule has 0 fully saturated rings. The van der Waals surface area contributed by atoms with Gasteiger partial charge in [-0.3, -0.25) is 0 Å². The Balaban J connectivity index is 2.74. The van der Waals surface area contributed by atoms with E-state index >= 15 is 0 Å². The van der Waals surface area contributed by atoms with E-state index < -0.39 is 0 Å². The van der Waals surface area contributed by atoms with Crippen molar-refractivity contribution in [2.75, 3.05) is 31.9 Å². The van der Waals surface area contributed by atoms with Crippen LogP contribution in [0.1, 0.15) is 6.92 Å². The molecule has 0 radical (unpaired) electrons. The molecule has 1 aromatic rings. The molecule has 0 saturated heterocycles. The van der Waals surface area contributed by atoms with Gasteiger partial charge in [-0.15, -0.1) is 0 Å². The molecule has 1 atom stereocenters. The number of anilines is 2. The molecule has 0 aliphatic rings. The molecule has 0 aromatic heterocycles. The molecule has 1 aromatic carbocycles. The van der Waals surface area contributed by atoms with Crippen LogP contribution in [0.5, 0.6) is 5.75 Å². The molecule has 0 bridgehead atoms. The second-order valence-corrected chi connectivity index (χ2v) is 3.45. The van der Waals surface area contributed by atoms with Gasteiger partial charge in [-0.1, -0.05) is 0 Å². The second-order valence-electron chi connectivity index (χ2n) is 3.45. The van der Waals surface area contributed by atoms with Crippen molar-refractivity contribution in [1.29, 1.82) is 0 Å². The summed E-state index contributed by atoms with van der Waals surface area (Å²) in [4.78, 5) is 0. The lowest BCUT2D eigenvalue weighted by atomic mass is 10.2. The average Bonchev–Trinajstić information content (AvgIpc) is 2.21. The smallest absolute Gasteiger partial charge is 0.121 e. The summed E-state index contributed by atoms with van der Waals surface area (Å²) in [7, 11) is 3.31. The van der Waals surface area contributed by atoms with Crippen molar-refractivity contribution >= 4 is 11.4 Å². The fourth-order valence-electron chi connectivity index (χ4n) is 1.34. The highest BCUT2D eigenvalue weighted by atomic mass is 16.5. The Morgan fingerprint density at radius 3 is 2.73 bits per heavy atom. The van der Waals surface area contributed by atoms with E-state index in [2.05, 4.69) is 5.32 Å². The maximum absolute atomic E-state index is 5.83. The highest BCUT2D eigenvalue weighted by Crippen LogP contribution is 2.24. The zero-order valence-electron chi connectivity index (χ0n) is 9.41. The predicted molar refractivity (Wildman–Crippen MR) is 62.4 cm³/mol. The third-order valence-electron chi connectivity index (χ3n) is 2.08. The molecule has 0 aliphatic heterocycles. The van der Waals surface area contributed by atoms with Gasteiger partial charge < -0.3 is 20.5 Å². The molecule has 84 valence electrons. The first-order valence-electron chi connectivity index (χ1n) is 4.86. The van der Waals surface area contributed by atoms with Crippen LogP contribution in [0.4, 0.5) is 11.4 Å². The van der Waals surface area contributed by atoms with Crippen molar-refractivity contribution in [3.63, 3.8) is 0 Å². The van der Waals surface area contributed by atoms with Crippen LogP contribution < -0.4 is 15.8 Å². The Hall–Kier alpha value is -1.42. The molecule has 0 amide bonds. The van der Waals surface area contributed by atoms with Crippen molar-refractivity contribution in [3.8, 4) is 5.75 Å². The number of rotatable bonds is 5. The molecule has 1 unspecified atom stereocenters. The molecule has 0 heterocycles. The van der Waals surface area contributed by atoms with E-state index in [0.717, 1.165) is 11.4 Å². The SMILES string of the molecule is COCC(C)Nc1cc(OC)ccc1N. The Kier molecular flexibility index (Phi) is 4.24. The molecule has 15 heavy (non-hydrogen) atoms. The maximum Gasteiger partial charge on any atom is 0.121 e. The number of nitrogen functional groups attached to an aromatic ring is 1. The Morgan fingerprint density at radius 1 is 1.40 bits per heavy atom.